The Bertz CT molecular complexity index is 901. The average Bonchev–Trinajstić information content (AvgIpc) is 2.62. The molecule has 0 radical (unpaired) electrons. The maximum atomic E-state index is 12.9. The minimum absolute atomic E-state index is 0.0949. The fourth-order valence-electron chi connectivity index (χ4n) is 2.09. The van der Waals surface area contributed by atoms with Crippen LogP contribution in [0.25, 0.3) is 0 Å². The molecule has 0 amide bonds. The number of aromatic nitrogens is 1. The van der Waals surface area contributed by atoms with Crippen molar-refractivity contribution >= 4 is 11.6 Å². The number of carbonyl (C=O) groups is 2. The number of nitrogens with zero attached hydrogens (tertiary/aromatic N) is 1. The van der Waals surface area contributed by atoms with Gasteiger partial charge in [-0.3, -0.25) is 14.6 Å². The second-order valence-corrected chi connectivity index (χ2v) is 5.57. The topological polar surface area (TPSA) is 65.5 Å². The minimum atomic E-state index is -4.77. The van der Waals surface area contributed by atoms with Gasteiger partial charge < -0.3 is 9.47 Å². The van der Waals surface area contributed by atoms with E-state index in [-0.39, 0.29) is 29.2 Å². The SMILES string of the molecule is CC(=O)c1ncccc1F.CCC(=O)c1ccc2c(c1)OC(F)(F)C(F)(F)O2. The molecule has 28 heavy (non-hydrogen) atoms. The molecule has 1 aromatic heterocycles. The molecule has 2 heterocycles. The Hall–Kier alpha value is -3.04. The molecule has 0 fully saturated rings. The summed E-state index contributed by atoms with van der Waals surface area (Å²) in [6, 6.07) is 5.84. The third-order valence-corrected chi connectivity index (χ3v) is 3.49. The van der Waals surface area contributed by atoms with Crippen molar-refractivity contribution in [3.8, 4) is 11.5 Å². The largest absolute Gasteiger partial charge is 0.507 e. The van der Waals surface area contributed by atoms with Crippen LogP contribution in [0.15, 0.2) is 36.5 Å². The summed E-state index contributed by atoms with van der Waals surface area (Å²) in [5.74, 6) is -2.33. The van der Waals surface area contributed by atoms with Crippen molar-refractivity contribution < 1.29 is 41.0 Å². The molecule has 150 valence electrons. The van der Waals surface area contributed by atoms with Gasteiger partial charge in [-0.2, -0.15) is 17.6 Å². The van der Waals surface area contributed by atoms with E-state index in [2.05, 4.69) is 14.5 Å². The third-order valence-electron chi connectivity index (χ3n) is 3.49. The Morgan fingerprint density at radius 2 is 1.64 bits per heavy atom. The molecular weight excluding hydrogens is 389 g/mol. The van der Waals surface area contributed by atoms with E-state index in [1.54, 1.807) is 6.92 Å². The second kappa shape index (κ2) is 7.91. The Kier molecular flexibility index (Phi) is 6.01. The molecule has 2 aromatic rings. The standard InChI is InChI=1S/C11H8F4O3.C7H6FNO/c1-2-7(16)6-3-4-8-9(5-6)18-11(14,15)10(12,13)17-8;1-5(10)7-6(8)3-2-4-9-7/h3-5H,2H2,1H3;2-4H,1H3. The summed E-state index contributed by atoms with van der Waals surface area (Å²) in [6.07, 6.45) is -7.96. The molecule has 0 N–H and O–H groups in total. The van der Waals surface area contributed by atoms with Crippen molar-refractivity contribution in [2.75, 3.05) is 0 Å². The highest BCUT2D eigenvalue weighted by Crippen LogP contribution is 2.47. The second-order valence-electron chi connectivity index (χ2n) is 5.57. The number of rotatable bonds is 3. The highest BCUT2D eigenvalue weighted by Gasteiger charge is 2.65. The van der Waals surface area contributed by atoms with E-state index in [1.807, 2.05) is 0 Å². The Morgan fingerprint density at radius 1 is 1.04 bits per heavy atom. The first kappa shape index (κ1) is 21.3. The van der Waals surface area contributed by atoms with Crippen LogP contribution < -0.4 is 9.47 Å². The highest BCUT2D eigenvalue weighted by molar-refractivity contribution is 5.96. The van der Waals surface area contributed by atoms with E-state index in [0.717, 1.165) is 12.1 Å². The summed E-state index contributed by atoms with van der Waals surface area (Å²) >= 11 is 0. The quantitative estimate of drug-likeness (QED) is 0.551. The van der Waals surface area contributed by atoms with Gasteiger partial charge in [-0.25, -0.2) is 4.39 Å². The minimum Gasteiger partial charge on any atom is -0.421 e. The molecule has 5 nitrogen and oxygen atoms in total. The van der Waals surface area contributed by atoms with Crippen molar-refractivity contribution in [3.63, 3.8) is 0 Å². The van der Waals surface area contributed by atoms with Crippen molar-refractivity contribution in [2.45, 2.75) is 32.5 Å². The van der Waals surface area contributed by atoms with Gasteiger partial charge in [-0.15, -0.1) is 0 Å². The van der Waals surface area contributed by atoms with Crippen LogP contribution >= 0.6 is 0 Å². The molecule has 1 aromatic carbocycles. The fourth-order valence-corrected chi connectivity index (χ4v) is 2.09. The lowest BCUT2D eigenvalue weighted by molar-refractivity contribution is -0.391. The van der Waals surface area contributed by atoms with Crippen LogP contribution in [0.2, 0.25) is 0 Å². The first-order valence-corrected chi connectivity index (χ1v) is 7.91. The zero-order valence-corrected chi connectivity index (χ0v) is 14.6. The number of benzene rings is 1. The average molecular weight is 403 g/mol. The van der Waals surface area contributed by atoms with Crippen molar-refractivity contribution in [1.29, 1.82) is 0 Å². The molecule has 0 saturated heterocycles. The molecule has 0 saturated carbocycles. The van der Waals surface area contributed by atoms with Crippen molar-refractivity contribution in [1.82, 2.24) is 4.98 Å². The number of pyridine rings is 1. The number of ether oxygens (including phenoxy) is 2. The number of carbonyl (C=O) groups excluding carboxylic acids is 2. The van der Waals surface area contributed by atoms with Crippen LogP contribution in [0.1, 0.15) is 41.1 Å². The summed E-state index contributed by atoms with van der Waals surface area (Å²) < 4.78 is 71.8. The Labute approximate surface area is 156 Å². The summed E-state index contributed by atoms with van der Waals surface area (Å²) in [5, 5.41) is 0. The van der Waals surface area contributed by atoms with Gasteiger partial charge in [0.2, 0.25) is 0 Å². The monoisotopic (exact) mass is 403 g/mol. The van der Waals surface area contributed by atoms with Gasteiger partial charge in [0.05, 0.1) is 0 Å². The number of ketones is 2. The summed E-state index contributed by atoms with van der Waals surface area (Å²) in [5.41, 5.74) is 0.00312. The van der Waals surface area contributed by atoms with Gasteiger partial charge in [0.15, 0.2) is 28.9 Å². The molecule has 0 atom stereocenters. The summed E-state index contributed by atoms with van der Waals surface area (Å²) in [6.45, 7) is 2.87. The third kappa shape index (κ3) is 4.44. The van der Waals surface area contributed by atoms with Crippen molar-refractivity contribution in [3.05, 3.63) is 53.6 Å². The lowest BCUT2D eigenvalue weighted by atomic mass is 10.1. The van der Waals surface area contributed by atoms with E-state index >= 15 is 0 Å². The smallest absolute Gasteiger partial charge is 0.421 e. The van der Waals surface area contributed by atoms with E-state index in [4.69, 9.17) is 0 Å². The zero-order chi connectivity index (χ0) is 21.1. The van der Waals surface area contributed by atoms with E-state index in [1.165, 1.54) is 31.3 Å². The maximum Gasteiger partial charge on any atom is 0.507 e. The molecule has 0 bridgehead atoms. The molecule has 3 rings (SSSR count). The van der Waals surface area contributed by atoms with Crippen LogP contribution in [-0.2, 0) is 0 Å². The van der Waals surface area contributed by atoms with E-state index in [9.17, 15) is 31.5 Å². The number of alkyl halides is 4. The predicted octanol–water partition coefficient (Wildman–Crippen LogP) is 4.66. The van der Waals surface area contributed by atoms with Crippen LogP contribution in [-0.4, -0.2) is 28.8 Å². The molecule has 0 aliphatic carbocycles. The number of hydrogen-bond acceptors (Lipinski definition) is 5. The van der Waals surface area contributed by atoms with Gasteiger partial charge in [0.1, 0.15) is 5.69 Å². The Balaban J connectivity index is 0.000000237. The fraction of sp³-hybridized carbons (Fsp3) is 0.278. The molecule has 0 unspecified atom stereocenters. The first-order chi connectivity index (χ1) is 13.0. The number of Topliss-reactive ketones (excluding diaryl/α,β-unsaturated/α-hetero) is 2. The molecule has 10 heteroatoms. The van der Waals surface area contributed by atoms with Crippen LogP contribution in [0.5, 0.6) is 11.5 Å². The van der Waals surface area contributed by atoms with Gasteiger partial charge in [-0.05, 0) is 30.3 Å². The van der Waals surface area contributed by atoms with Gasteiger partial charge >= 0.3 is 12.2 Å². The zero-order valence-electron chi connectivity index (χ0n) is 14.6. The predicted molar refractivity (Wildman–Crippen MR) is 86.4 cm³/mol. The molecule has 0 spiro atoms. The molecular formula is C18H14F5NO4. The lowest BCUT2D eigenvalue weighted by Gasteiger charge is -2.31. The normalized spacial score (nSPS) is 15.8. The molecule has 1 aliphatic heterocycles. The van der Waals surface area contributed by atoms with Crippen LogP contribution in [0.4, 0.5) is 22.0 Å². The van der Waals surface area contributed by atoms with Gasteiger partial charge in [0, 0.05) is 25.1 Å². The van der Waals surface area contributed by atoms with E-state index < -0.39 is 29.5 Å². The summed E-state index contributed by atoms with van der Waals surface area (Å²) in [4.78, 5) is 25.5. The lowest BCUT2D eigenvalue weighted by Crippen LogP contribution is -2.52. The van der Waals surface area contributed by atoms with Gasteiger partial charge in [-0.1, -0.05) is 6.92 Å². The number of hydrogen-bond donors (Lipinski definition) is 0. The summed E-state index contributed by atoms with van der Waals surface area (Å²) in [7, 11) is 0. The number of fused-ring (bicyclic) bond motifs is 1. The highest BCUT2D eigenvalue weighted by atomic mass is 19.3. The van der Waals surface area contributed by atoms with E-state index in [0.29, 0.717) is 0 Å². The maximum absolute atomic E-state index is 12.9. The first-order valence-electron chi connectivity index (χ1n) is 7.91. The Morgan fingerprint density at radius 3 is 2.14 bits per heavy atom. The van der Waals surface area contributed by atoms with Crippen LogP contribution in [0, 0.1) is 5.82 Å². The molecule has 1 aliphatic rings. The van der Waals surface area contributed by atoms with Crippen LogP contribution in [0.3, 0.4) is 0 Å². The van der Waals surface area contributed by atoms with Crippen molar-refractivity contribution in [2.24, 2.45) is 0 Å². The van der Waals surface area contributed by atoms with Gasteiger partial charge in [0.25, 0.3) is 0 Å². The number of halogens is 5.